The van der Waals surface area contributed by atoms with Gasteiger partial charge in [0.05, 0.1) is 7.11 Å². The molecule has 0 aromatic heterocycles. The molecule has 1 aliphatic heterocycles. The third-order valence-corrected chi connectivity index (χ3v) is 5.20. The fourth-order valence-corrected chi connectivity index (χ4v) is 3.44. The average molecular weight is 396 g/mol. The number of hydrogen-bond donors (Lipinski definition) is 0. The molecule has 6 heteroatoms. The van der Waals surface area contributed by atoms with E-state index >= 15 is 0 Å². The van der Waals surface area contributed by atoms with Gasteiger partial charge in [0.15, 0.2) is 0 Å². The van der Waals surface area contributed by atoms with E-state index in [1.165, 1.54) is 0 Å². The van der Waals surface area contributed by atoms with E-state index < -0.39 is 0 Å². The van der Waals surface area contributed by atoms with E-state index in [2.05, 4.69) is 6.92 Å². The van der Waals surface area contributed by atoms with Crippen LogP contribution in [0.15, 0.2) is 48.5 Å². The van der Waals surface area contributed by atoms with Crippen LogP contribution in [0.3, 0.4) is 0 Å². The normalized spacial score (nSPS) is 16.7. The maximum absolute atomic E-state index is 13.1. The van der Waals surface area contributed by atoms with Crippen molar-refractivity contribution in [3.05, 3.63) is 54.1 Å². The maximum atomic E-state index is 13.1. The Morgan fingerprint density at radius 3 is 2.17 bits per heavy atom. The Balaban J connectivity index is 1.70. The SMILES string of the molecule is CCCCC1C(=O)N(C)CCN1C(=O)c1ccc(Oc2ccc(OC)cc2)cc1. The fourth-order valence-electron chi connectivity index (χ4n) is 3.44. The summed E-state index contributed by atoms with van der Waals surface area (Å²) >= 11 is 0. The molecule has 154 valence electrons. The zero-order valence-electron chi connectivity index (χ0n) is 17.3. The topological polar surface area (TPSA) is 59.1 Å². The summed E-state index contributed by atoms with van der Waals surface area (Å²) in [5.41, 5.74) is 0.561. The van der Waals surface area contributed by atoms with Gasteiger partial charge in [-0.05, 0) is 55.0 Å². The summed E-state index contributed by atoms with van der Waals surface area (Å²) in [6.45, 7) is 3.20. The molecular formula is C23H28N2O4. The first kappa shape index (κ1) is 20.7. The molecule has 1 heterocycles. The van der Waals surface area contributed by atoms with Gasteiger partial charge in [0, 0.05) is 25.7 Å². The predicted octanol–water partition coefficient (Wildman–Crippen LogP) is 3.96. The van der Waals surface area contributed by atoms with Gasteiger partial charge in [0.25, 0.3) is 5.91 Å². The molecule has 2 amide bonds. The van der Waals surface area contributed by atoms with E-state index in [9.17, 15) is 9.59 Å². The quantitative estimate of drug-likeness (QED) is 0.711. The molecule has 0 N–H and O–H groups in total. The van der Waals surface area contributed by atoms with Crippen LogP contribution < -0.4 is 9.47 Å². The summed E-state index contributed by atoms with van der Waals surface area (Å²) in [5, 5.41) is 0. The van der Waals surface area contributed by atoms with Crippen molar-refractivity contribution in [3.63, 3.8) is 0 Å². The van der Waals surface area contributed by atoms with Gasteiger partial charge in [-0.1, -0.05) is 19.8 Å². The van der Waals surface area contributed by atoms with Gasteiger partial charge in [-0.15, -0.1) is 0 Å². The van der Waals surface area contributed by atoms with Crippen LogP contribution in [0.25, 0.3) is 0 Å². The number of piperazine rings is 1. The summed E-state index contributed by atoms with van der Waals surface area (Å²) in [5.74, 6) is 2.01. The molecule has 1 unspecified atom stereocenters. The van der Waals surface area contributed by atoms with Crippen molar-refractivity contribution in [1.82, 2.24) is 9.80 Å². The Labute approximate surface area is 172 Å². The second kappa shape index (κ2) is 9.45. The van der Waals surface area contributed by atoms with Crippen molar-refractivity contribution in [1.29, 1.82) is 0 Å². The molecule has 0 aliphatic carbocycles. The molecule has 1 atom stereocenters. The highest BCUT2D eigenvalue weighted by Gasteiger charge is 2.35. The highest BCUT2D eigenvalue weighted by atomic mass is 16.5. The van der Waals surface area contributed by atoms with Crippen molar-refractivity contribution < 1.29 is 19.1 Å². The molecule has 29 heavy (non-hydrogen) atoms. The Kier molecular flexibility index (Phi) is 6.75. The monoisotopic (exact) mass is 396 g/mol. The van der Waals surface area contributed by atoms with Crippen LogP contribution >= 0.6 is 0 Å². The minimum atomic E-state index is -0.378. The maximum Gasteiger partial charge on any atom is 0.254 e. The summed E-state index contributed by atoms with van der Waals surface area (Å²) in [7, 11) is 3.42. The smallest absolute Gasteiger partial charge is 0.254 e. The highest BCUT2D eigenvalue weighted by Crippen LogP contribution is 2.25. The Morgan fingerprint density at radius 2 is 1.59 bits per heavy atom. The van der Waals surface area contributed by atoms with Crippen LogP contribution in [-0.2, 0) is 4.79 Å². The lowest BCUT2D eigenvalue weighted by Gasteiger charge is -2.39. The van der Waals surface area contributed by atoms with Crippen LogP contribution in [0.1, 0.15) is 36.5 Å². The van der Waals surface area contributed by atoms with E-state index in [0.717, 1.165) is 18.6 Å². The van der Waals surface area contributed by atoms with Gasteiger partial charge < -0.3 is 19.3 Å². The van der Waals surface area contributed by atoms with Crippen molar-refractivity contribution in [2.75, 3.05) is 27.2 Å². The van der Waals surface area contributed by atoms with E-state index in [1.807, 2.05) is 24.3 Å². The number of unbranched alkanes of at least 4 members (excludes halogenated alkanes) is 1. The lowest BCUT2D eigenvalue weighted by atomic mass is 10.0. The number of hydrogen-bond acceptors (Lipinski definition) is 4. The van der Waals surface area contributed by atoms with Crippen LogP contribution in [0.2, 0.25) is 0 Å². The van der Waals surface area contributed by atoms with Crippen molar-refractivity contribution in [2.24, 2.45) is 0 Å². The van der Waals surface area contributed by atoms with Crippen LogP contribution in [-0.4, -0.2) is 54.9 Å². The minimum Gasteiger partial charge on any atom is -0.497 e. The molecular weight excluding hydrogens is 368 g/mol. The highest BCUT2D eigenvalue weighted by molar-refractivity contribution is 5.98. The molecule has 3 rings (SSSR count). The van der Waals surface area contributed by atoms with Gasteiger partial charge in [-0.3, -0.25) is 9.59 Å². The first-order valence-electron chi connectivity index (χ1n) is 10.0. The van der Waals surface area contributed by atoms with Gasteiger partial charge in [0.1, 0.15) is 23.3 Å². The van der Waals surface area contributed by atoms with Crippen molar-refractivity contribution in [2.45, 2.75) is 32.2 Å². The summed E-state index contributed by atoms with van der Waals surface area (Å²) in [4.78, 5) is 29.1. The predicted molar refractivity (Wildman–Crippen MR) is 111 cm³/mol. The Morgan fingerprint density at radius 1 is 1.00 bits per heavy atom. The minimum absolute atomic E-state index is 0.0255. The van der Waals surface area contributed by atoms with Gasteiger partial charge in [-0.2, -0.15) is 0 Å². The molecule has 0 spiro atoms. The lowest BCUT2D eigenvalue weighted by molar-refractivity contribution is -0.138. The number of likely N-dealkylation sites (N-methyl/N-ethyl adjacent to an activating group) is 1. The molecule has 1 fully saturated rings. The second-order valence-electron chi connectivity index (χ2n) is 7.22. The standard InChI is InChI=1S/C23H28N2O4/c1-4-5-6-21-23(27)24(2)15-16-25(21)22(26)17-7-9-19(10-8-17)29-20-13-11-18(28-3)12-14-20/h7-14,21H,4-6,15-16H2,1-3H3. The lowest BCUT2D eigenvalue weighted by Crippen LogP contribution is -2.57. The first-order chi connectivity index (χ1) is 14.0. The summed E-state index contributed by atoms with van der Waals surface area (Å²) < 4.78 is 11.0. The number of ether oxygens (including phenoxy) is 2. The number of amides is 2. The van der Waals surface area contributed by atoms with E-state index in [0.29, 0.717) is 36.6 Å². The first-order valence-corrected chi connectivity index (χ1v) is 10.0. The molecule has 1 saturated heterocycles. The van der Waals surface area contributed by atoms with Gasteiger partial charge in [-0.25, -0.2) is 0 Å². The molecule has 2 aromatic rings. The largest absolute Gasteiger partial charge is 0.497 e. The summed E-state index contributed by atoms with van der Waals surface area (Å²) in [6, 6.07) is 14.0. The van der Waals surface area contributed by atoms with Crippen molar-refractivity contribution >= 4 is 11.8 Å². The zero-order valence-corrected chi connectivity index (χ0v) is 17.3. The number of methoxy groups -OCH3 is 1. The molecule has 6 nitrogen and oxygen atoms in total. The molecule has 0 bridgehead atoms. The Bertz CT molecular complexity index is 833. The number of rotatable bonds is 7. The molecule has 2 aromatic carbocycles. The average Bonchev–Trinajstić information content (AvgIpc) is 2.75. The summed E-state index contributed by atoms with van der Waals surface area (Å²) in [6.07, 6.45) is 2.61. The third kappa shape index (κ3) is 4.88. The molecule has 0 radical (unpaired) electrons. The van der Waals surface area contributed by atoms with Crippen molar-refractivity contribution in [3.8, 4) is 17.2 Å². The number of carbonyl (C=O) groups excluding carboxylic acids is 2. The van der Waals surface area contributed by atoms with E-state index in [1.54, 1.807) is 48.2 Å². The van der Waals surface area contributed by atoms with Crippen LogP contribution in [0.4, 0.5) is 0 Å². The zero-order chi connectivity index (χ0) is 20.8. The van der Waals surface area contributed by atoms with E-state index in [4.69, 9.17) is 9.47 Å². The molecule has 0 saturated carbocycles. The van der Waals surface area contributed by atoms with Crippen LogP contribution in [0.5, 0.6) is 17.2 Å². The van der Waals surface area contributed by atoms with Crippen LogP contribution in [0, 0.1) is 0 Å². The fraction of sp³-hybridized carbons (Fsp3) is 0.391. The molecule has 1 aliphatic rings. The third-order valence-electron chi connectivity index (χ3n) is 5.20. The number of carbonyl (C=O) groups is 2. The van der Waals surface area contributed by atoms with Gasteiger partial charge >= 0.3 is 0 Å². The van der Waals surface area contributed by atoms with Gasteiger partial charge in [0.2, 0.25) is 5.91 Å². The second-order valence-corrected chi connectivity index (χ2v) is 7.22. The Hall–Kier alpha value is -3.02. The number of nitrogens with zero attached hydrogens (tertiary/aromatic N) is 2. The number of benzene rings is 2. The van der Waals surface area contributed by atoms with E-state index in [-0.39, 0.29) is 17.9 Å².